The van der Waals surface area contributed by atoms with Crippen molar-refractivity contribution in [3.8, 4) is 66.8 Å². The van der Waals surface area contributed by atoms with Crippen LogP contribution in [0.2, 0.25) is 0 Å². The van der Waals surface area contributed by atoms with Crippen LogP contribution < -0.4 is 16.4 Å². The van der Waals surface area contributed by atoms with Crippen LogP contribution in [-0.2, 0) is 21.7 Å². The Morgan fingerprint density at radius 3 is 0.922 bits per heavy atom. The van der Waals surface area contributed by atoms with Crippen molar-refractivity contribution in [2.75, 3.05) is 0 Å². The highest BCUT2D eigenvalue weighted by Crippen LogP contribution is 2.62. The number of benzene rings is 9. The maximum Gasteiger partial charge on any atom is 0.244 e. The molecule has 0 nitrogen and oxygen atoms in total. The van der Waals surface area contributed by atoms with Gasteiger partial charge in [0.2, 0.25) is 6.71 Å². The number of hydrogen-bond donors (Lipinski definition) is 0. The average Bonchev–Trinajstić information content (AvgIpc) is 3.86. The largest absolute Gasteiger partial charge is 0.244 e. The van der Waals surface area contributed by atoms with Crippen molar-refractivity contribution in [2.45, 2.75) is 84.0 Å². The Kier molecular flexibility index (Phi) is 6.13. The molecule has 6 aliphatic rings. The van der Waals surface area contributed by atoms with E-state index < -0.39 is 0 Å². The highest BCUT2D eigenvalue weighted by Gasteiger charge is 2.50. The van der Waals surface area contributed by atoms with Crippen LogP contribution >= 0.6 is 0 Å². The smallest absolute Gasteiger partial charge is 0.0619 e. The highest BCUT2D eigenvalue weighted by molar-refractivity contribution is 7.01. The summed E-state index contributed by atoms with van der Waals surface area (Å²) in [4.78, 5) is 0. The van der Waals surface area contributed by atoms with Crippen molar-refractivity contribution < 1.29 is 0 Å². The Morgan fingerprint density at radius 2 is 0.594 bits per heavy atom. The summed E-state index contributed by atoms with van der Waals surface area (Å²) in [5.41, 5.74) is 33.8. The van der Waals surface area contributed by atoms with Gasteiger partial charge < -0.3 is 0 Å². The average molecular weight is 817 g/mol. The third-order valence-electron chi connectivity index (χ3n) is 17.9. The van der Waals surface area contributed by atoms with Gasteiger partial charge in [0, 0.05) is 21.7 Å². The van der Waals surface area contributed by atoms with E-state index in [0.717, 1.165) is 0 Å². The predicted octanol–water partition coefficient (Wildman–Crippen LogP) is 14.0. The molecule has 0 saturated carbocycles. The molecule has 0 spiro atoms. The molecule has 304 valence electrons. The molecule has 9 aromatic rings. The molecule has 0 amide bonds. The van der Waals surface area contributed by atoms with Gasteiger partial charge in [0.1, 0.15) is 0 Å². The second-order valence-corrected chi connectivity index (χ2v) is 22.4. The molecule has 2 heterocycles. The second kappa shape index (κ2) is 10.9. The minimum Gasteiger partial charge on any atom is -0.0619 e. The monoisotopic (exact) mass is 816 g/mol. The summed E-state index contributed by atoms with van der Waals surface area (Å²) in [5.74, 6) is 0. The van der Waals surface area contributed by atoms with Crippen LogP contribution in [0.15, 0.2) is 133 Å². The lowest BCUT2D eigenvalue weighted by Gasteiger charge is -2.38. The Hall–Kier alpha value is -6.44. The number of aryl methyl sites for hydroxylation is 1. The van der Waals surface area contributed by atoms with Crippen molar-refractivity contribution >= 4 is 44.6 Å². The van der Waals surface area contributed by atoms with Gasteiger partial charge in [-0.3, -0.25) is 0 Å². The Balaban J connectivity index is 1.19. The lowest BCUT2D eigenvalue weighted by Crippen LogP contribution is -2.58. The van der Waals surface area contributed by atoms with Crippen molar-refractivity contribution in [3.05, 3.63) is 184 Å². The Morgan fingerprint density at radius 1 is 0.297 bits per heavy atom. The molecule has 64 heavy (non-hydrogen) atoms. The highest BCUT2D eigenvalue weighted by atomic mass is 14.5. The zero-order chi connectivity index (χ0) is 43.3. The van der Waals surface area contributed by atoms with E-state index in [0.29, 0.717) is 0 Å². The number of hydrogen-bond acceptors (Lipinski definition) is 0. The summed E-state index contributed by atoms with van der Waals surface area (Å²) in [6.45, 7) is 22.2. The number of rotatable bonds is 0. The lowest BCUT2D eigenvalue weighted by atomic mass is 9.30. The Bertz CT molecular complexity index is 3510. The van der Waals surface area contributed by atoms with Gasteiger partial charge in [-0.25, -0.2) is 0 Å². The molecule has 0 saturated heterocycles. The first-order chi connectivity index (χ1) is 30.7. The molecule has 0 atom stereocenters. The van der Waals surface area contributed by atoms with Crippen LogP contribution in [-0.4, -0.2) is 6.71 Å². The maximum absolute atomic E-state index is 2.71. The zero-order valence-electron chi connectivity index (χ0n) is 38.3. The van der Waals surface area contributed by atoms with Crippen LogP contribution in [0.3, 0.4) is 0 Å². The topological polar surface area (TPSA) is 0 Å². The van der Waals surface area contributed by atoms with E-state index in [2.05, 4.69) is 196 Å². The van der Waals surface area contributed by atoms with Crippen LogP contribution in [0.1, 0.15) is 105 Å². The molecule has 15 rings (SSSR count). The van der Waals surface area contributed by atoms with E-state index in [4.69, 9.17) is 0 Å². The van der Waals surface area contributed by atoms with Crippen LogP contribution in [0.4, 0.5) is 0 Å². The minimum absolute atomic E-state index is 0.0654. The van der Waals surface area contributed by atoms with Crippen molar-refractivity contribution in [1.29, 1.82) is 0 Å². The van der Waals surface area contributed by atoms with Crippen molar-refractivity contribution in [2.24, 2.45) is 0 Å². The van der Waals surface area contributed by atoms with Crippen molar-refractivity contribution in [1.82, 2.24) is 0 Å². The molecule has 0 fully saturated rings. The fourth-order valence-electron chi connectivity index (χ4n) is 14.9. The van der Waals surface area contributed by atoms with E-state index in [-0.39, 0.29) is 28.4 Å². The summed E-state index contributed by atoms with van der Waals surface area (Å²) >= 11 is 0. The first kappa shape index (κ1) is 36.0. The molecule has 0 N–H and O–H groups in total. The summed E-state index contributed by atoms with van der Waals surface area (Å²) < 4.78 is 0. The van der Waals surface area contributed by atoms with Gasteiger partial charge in [-0.2, -0.15) is 0 Å². The van der Waals surface area contributed by atoms with Gasteiger partial charge in [-0.05, 0) is 157 Å². The van der Waals surface area contributed by atoms with Crippen molar-refractivity contribution in [3.63, 3.8) is 0 Å². The van der Waals surface area contributed by atoms with E-state index in [1.807, 2.05) is 0 Å². The summed E-state index contributed by atoms with van der Waals surface area (Å²) in [6, 6.07) is 53.1. The van der Waals surface area contributed by atoms with Crippen LogP contribution in [0, 0.1) is 6.92 Å². The predicted molar refractivity (Wildman–Crippen MR) is 272 cm³/mol. The van der Waals surface area contributed by atoms with E-state index in [9.17, 15) is 0 Å². The normalized spacial score (nSPS) is 17.6. The SMILES string of the molecule is Cc1cc2c3c(c1)-c1cc4c(c5c6c(cc(c15)B3c1cc3c(c5c7c(cc-2c15)C(C)(C)c1ccccc1-7)-c1ccccc1C3(C)C)C(C)(C)c1ccccc1-6)-c1ccccc1C4(C)C. The van der Waals surface area contributed by atoms with Crippen LogP contribution in [0.25, 0.3) is 88.3 Å². The van der Waals surface area contributed by atoms with Gasteiger partial charge in [0.05, 0.1) is 0 Å². The first-order valence-electron chi connectivity index (χ1n) is 23.6. The summed E-state index contributed by atoms with van der Waals surface area (Å²) in [7, 11) is 0. The van der Waals surface area contributed by atoms with Gasteiger partial charge in [0.15, 0.2) is 0 Å². The van der Waals surface area contributed by atoms with Crippen LogP contribution in [0.5, 0.6) is 0 Å². The maximum atomic E-state index is 2.71. The minimum atomic E-state index is -0.164. The van der Waals surface area contributed by atoms with E-state index in [1.54, 1.807) is 0 Å². The van der Waals surface area contributed by atoms with Gasteiger partial charge in [-0.1, -0.05) is 193 Å². The fourth-order valence-corrected chi connectivity index (χ4v) is 14.9. The summed E-state index contributed by atoms with van der Waals surface area (Å²) in [5, 5.41) is 5.84. The molecular formula is C63H49B. The molecular weight excluding hydrogens is 768 g/mol. The molecule has 9 aromatic carbocycles. The first-order valence-corrected chi connectivity index (χ1v) is 23.6. The molecule has 1 heteroatoms. The Labute approximate surface area is 377 Å². The van der Waals surface area contributed by atoms with E-state index >= 15 is 0 Å². The standard InChI is InChI=1S/C63H49B/c1-32-26-39-37-28-45-51(33-18-10-14-22-41(33)60(45,2)3)57-53-35-20-12-16-24-43(35)62(6,7)47(53)30-49(55(37)57)64-50-31-48-54(36-21-13-17-25-44(36)63(48,8)9)58-52-34-19-11-15-23-42(34)61(4,5)46(52)29-38(56(50)58)40(27-32)59(39)64/h10-31H,1-9H3. The lowest BCUT2D eigenvalue weighted by molar-refractivity contribution is 0.660. The zero-order valence-corrected chi connectivity index (χ0v) is 38.3. The van der Waals surface area contributed by atoms with Gasteiger partial charge in [0.25, 0.3) is 0 Å². The third kappa shape index (κ3) is 3.77. The molecule has 4 aliphatic carbocycles. The van der Waals surface area contributed by atoms with Gasteiger partial charge >= 0.3 is 0 Å². The fraction of sp³-hybridized carbons (Fsp3) is 0.206. The molecule has 0 unspecified atom stereocenters. The van der Waals surface area contributed by atoms with E-state index in [1.165, 1.54) is 155 Å². The summed E-state index contributed by atoms with van der Waals surface area (Å²) in [6.07, 6.45) is 0. The molecule has 0 bridgehead atoms. The quantitative estimate of drug-likeness (QED) is 0.134. The molecule has 0 radical (unpaired) electrons. The second-order valence-electron chi connectivity index (χ2n) is 22.4. The van der Waals surface area contributed by atoms with Gasteiger partial charge in [-0.15, -0.1) is 0 Å². The third-order valence-corrected chi connectivity index (χ3v) is 17.9. The number of fused-ring (bicyclic) bond motifs is 20. The molecule has 0 aromatic heterocycles. The molecule has 2 aliphatic heterocycles.